The predicted octanol–water partition coefficient (Wildman–Crippen LogP) is 1.20. The van der Waals surface area contributed by atoms with Crippen LogP contribution < -0.4 is 20.7 Å². The second kappa shape index (κ2) is 8.28. The van der Waals surface area contributed by atoms with Gasteiger partial charge in [-0.15, -0.1) is 0 Å². The molecule has 1 fully saturated rings. The van der Waals surface area contributed by atoms with E-state index in [1.165, 1.54) is 0 Å². The Morgan fingerprint density at radius 1 is 1.23 bits per heavy atom. The molecule has 1 unspecified atom stereocenters. The maximum atomic E-state index is 12.6. The van der Waals surface area contributed by atoms with E-state index in [-0.39, 0.29) is 18.4 Å². The molecule has 1 saturated heterocycles. The first-order chi connectivity index (χ1) is 12.6. The van der Waals surface area contributed by atoms with E-state index in [0.29, 0.717) is 23.9 Å². The summed E-state index contributed by atoms with van der Waals surface area (Å²) in [5.41, 5.74) is 5.71. The van der Waals surface area contributed by atoms with Crippen molar-refractivity contribution in [3.63, 3.8) is 0 Å². The van der Waals surface area contributed by atoms with E-state index >= 15 is 0 Å². The Morgan fingerprint density at radius 2 is 1.96 bits per heavy atom. The molecule has 136 valence electrons. The van der Waals surface area contributed by atoms with Crippen molar-refractivity contribution in [2.24, 2.45) is 11.7 Å². The van der Waals surface area contributed by atoms with Gasteiger partial charge in [0, 0.05) is 31.2 Å². The van der Waals surface area contributed by atoms with Crippen LogP contribution in [0.25, 0.3) is 0 Å². The fourth-order valence-electron chi connectivity index (χ4n) is 2.86. The van der Waals surface area contributed by atoms with Crippen molar-refractivity contribution in [3.05, 3.63) is 42.7 Å². The van der Waals surface area contributed by atoms with Gasteiger partial charge in [0.1, 0.15) is 5.75 Å². The highest BCUT2D eigenvalue weighted by Crippen LogP contribution is 2.22. The molecule has 2 aromatic rings. The first kappa shape index (κ1) is 17.7. The lowest BCUT2D eigenvalue weighted by Gasteiger charge is -2.31. The highest BCUT2D eigenvalue weighted by molar-refractivity contribution is 5.93. The topological polar surface area (TPSA) is 110 Å². The minimum absolute atomic E-state index is 0.0311. The molecule has 26 heavy (non-hydrogen) atoms. The molecule has 1 aromatic heterocycles. The van der Waals surface area contributed by atoms with Crippen LogP contribution in [0.15, 0.2) is 42.7 Å². The number of primary amides is 1. The molecule has 0 spiro atoms. The number of amides is 2. The minimum Gasteiger partial charge on any atom is -0.484 e. The molecule has 2 heterocycles. The van der Waals surface area contributed by atoms with E-state index in [1.54, 1.807) is 42.7 Å². The number of anilines is 2. The van der Waals surface area contributed by atoms with Gasteiger partial charge in [-0.25, -0.2) is 9.97 Å². The largest absolute Gasteiger partial charge is 0.484 e. The van der Waals surface area contributed by atoms with E-state index in [2.05, 4.69) is 15.3 Å². The number of hydrogen-bond donors (Lipinski definition) is 2. The van der Waals surface area contributed by atoms with Gasteiger partial charge in [-0.05, 0) is 43.2 Å². The van der Waals surface area contributed by atoms with Gasteiger partial charge in [0.05, 0.1) is 5.92 Å². The third kappa shape index (κ3) is 4.69. The van der Waals surface area contributed by atoms with Crippen molar-refractivity contribution in [3.8, 4) is 5.75 Å². The van der Waals surface area contributed by atoms with Crippen molar-refractivity contribution in [2.75, 3.05) is 29.9 Å². The Kier molecular flexibility index (Phi) is 5.62. The van der Waals surface area contributed by atoms with Crippen LogP contribution in [-0.2, 0) is 9.59 Å². The summed E-state index contributed by atoms with van der Waals surface area (Å²) in [7, 11) is 0. The Bertz CT molecular complexity index is 751. The van der Waals surface area contributed by atoms with Gasteiger partial charge in [-0.3, -0.25) is 9.59 Å². The minimum atomic E-state index is -0.536. The number of piperidine rings is 1. The van der Waals surface area contributed by atoms with E-state index in [9.17, 15) is 9.59 Å². The van der Waals surface area contributed by atoms with E-state index in [4.69, 9.17) is 10.5 Å². The molecule has 8 nitrogen and oxygen atoms in total. The second-order valence-corrected chi connectivity index (χ2v) is 6.10. The van der Waals surface area contributed by atoms with Gasteiger partial charge in [0.15, 0.2) is 6.61 Å². The molecule has 1 aliphatic rings. The van der Waals surface area contributed by atoms with Crippen LogP contribution in [0.3, 0.4) is 0 Å². The molecule has 0 saturated carbocycles. The number of aromatic nitrogens is 2. The van der Waals surface area contributed by atoms with Crippen molar-refractivity contribution in [2.45, 2.75) is 12.8 Å². The number of hydrogen-bond acceptors (Lipinski definition) is 6. The first-order valence-corrected chi connectivity index (χ1v) is 8.46. The highest BCUT2D eigenvalue weighted by Gasteiger charge is 2.27. The highest BCUT2D eigenvalue weighted by atomic mass is 16.5. The van der Waals surface area contributed by atoms with Crippen LogP contribution in [0.5, 0.6) is 5.75 Å². The molecule has 0 bridgehead atoms. The van der Waals surface area contributed by atoms with E-state index in [1.807, 2.05) is 4.90 Å². The molecule has 0 aliphatic carbocycles. The summed E-state index contributed by atoms with van der Waals surface area (Å²) >= 11 is 0. The molecule has 1 aliphatic heterocycles. The van der Waals surface area contributed by atoms with Gasteiger partial charge in [0.2, 0.25) is 11.9 Å². The van der Waals surface area contributed by atoms with Gasteiger partial charge >= 0.3 is 0 Å². The zero-order valence-corrected chi connectivity index (χ0v) is 14.3. The number of nitrogens with zero attached hydrogens (tertiary/aromatic N) is 3. The Hall–Kier alpha value is -3.16. The van der Waals surface area contributed by atoms with Crippen LogP contribution in [0, 0.1) is 5.92 Å². The van der Waals surface area contributed by atoms with Gasteiger partial charge < -0.3 is 20.7 Å². The normalized spacial score (nSPS) is 16.8. The Morgan fingerprint density at radius 3 is 2.65 bits per heavy atom. The lowest BCUT2D eigenvalue weighted by Crippen LogP contribution is -2.41. The number of carbonyl (C=O) groups is 2. The summed E-state index contributed by atoms with van der Waals surface area (Å²) in [6.07, 6.45) is 5.15. The number of rotatable bonds is 6. The Labute approximate surface area is 151 Å². The van der Waals surface area contributed by atoms with Crippen molar-refractivity contribution in [1.29, 1.82) is 0 Å². The summed E-state index contributed by atoms with van der Waals surface area (Å²) in [5, 5.41) is 2.92. The summed E-state index contributed by atoms with van der Waals surface area (Å²) in [6.45, 7) is 1.26. The van der Waals surface area contributed by atoms with Crippen molar-refractivity contribution < 1.29 is 14.3 Å². The molecule has 3 N–H and O–H groups in total. The van der Waals surface area contributed by atoms with Crippen LogP contribution >= 0.6 is 0 Å². The van der Waals surface area contributed by atoms with Gasteiger partial charge in [-0.2, -0.15) is 0 Å². The SMILES string of the molecule is NC(=O)COc1ccc(NC(=O)C2CCCN(c3ncccn3)C2)cc1. The number of nitrogens with one attached hydrogen (secondary N) is 1. The van der Waals surface area contributed by atoms with Crippen LogP contribution in [0.4, 0.5) is 11.6 Å². The molecule has 8 heteroatoms. The van der Waals surface area contributed by atoms with Crippen LogP contribution in [-0.4, -0.2) is 41.5 Å². The Balaban J connectivity index is 1.56. The monoisotopic (exact) mass is 355 g/mol. The maximum absolute atomic E-state index is 12.6. The summed E-state index contributed by atoms with van der Waals surface area (Å²) in [4.78, 5) is 33.8. The molecule has 2 amide bonds. The van der Waals surface area contributed by atoms with E-state index in [0.717, 1.165) is 19.4 Å². The summed E-state index contributed by atoms with van der Waals surface area (Å²) in [6, 6.07) is 8.60. The zero-order valence-electron chi connectivity index (χ0n) is 14.3. The molecular formula is C18H21N5O3. The summed E-state index contributed by atoms with van der Waals surface area (Å²) in [5.74, 6) is 0.481. The van der Waals surface area contributed by atoms with Gasteiger partial charge in [-0.1, -0.05) is 0 Å². The molecule has 1 atom stereocenters. The molecular weight excluding hydrogens is 334 g/mol. The maximum Gasteiger partial charge on any atom is 0.255 e. The van der Waals surface area contributed by atoms with Crippen molar-refractivity contribution in [1.82, 2.24) is 9.97 Å². The third-order valence-corrected chi connectivity index (χ3v) is 4.13. The third-order valence-electron chi connectivity index (χ3n) is 4.13. The summed E-state index contributed by atoms with van der Waals surface area (Å²) < 4.78 is 5.20. The van der Waals surface area contributed by atoms with Gasteiger partial charge in [0.25, 0.3) is 5.91 Å². The second-order valence-electron chi connectivity index (χ2n) is 6.10. The molecule has 3 rings (SSSR count). The lowest BCUT2D eigenvalue weighted by atomic mass is 9.97. The first-order valence-electron chi connectivity index (χ1n) is 8.46. The van der Waals surface area contributed by atoms with Crippen molar-refractivity contribution >= 4 is 23.5 Å². The average Bonchev–Trinajstić information content (AvgIpc) is 2.68. The average molecular weight is 355 g/mol. The zero-order chi connectivity index (χ0) is 18.4. The molecule has 0 radical (unpaired) electrons. The van der Waals surface area contributed by atoms with Crippen LogP contribution in [0.1, 0.15) is 12.8 Å². The number of ether oxygens (including phenoxy) is 1. The standard InChI is InChI=1S/C18H21N5O3/c19-16(24)12-26-15-6-4-14(5-7-15)22-17(25)13-3-1-10-23(11-13)18-20-8-2-9-21-18/h2,4-9,13H,1,3,10-12H2,(H2,19,24)(H,22,25). The number of carbonyl (C=O) groups excluding carboxylic acids is 2. The smallest absolute Gasteiger partial charge is 0.255 e. The quantitative estimate of drug-likeness (QED) is 0.805. The van der Waals surface area contributed by atoms with E-state index < -0.39 is 5.91 Å². The van der Waals surface area contributed by atoms with Crippen LogP contribution in [0.2, 0.25) is 0 Å². The molecule has 1 aromatic carbocycles. The number of nitrogens with two attached hydrogens (primary N) is 1. The fraction of sp³-hybridized carbons (Fsp3) is 0.333. The fourth-order valence-corrected chi connectivity index (χ4v) is 2.86. The lowest BCUT2D eigenvalue weighted by molar-refractivity contribution is -0.120. The predicted molar refractivity (Wildman–Crippen MR) is 96.7 cm³/mol. The number of benzene rings is 1.